The summed E-state index contributed by atoms with van der Waals surface area (Å²) < 4.78 is 0. The number of fused-ring (bicyclic) bond motifs is 2. The van der Waals surface area contributed by atoms with Crippen molar-refractivity contribution >= 4 is 5.97 Å². The Labute approximate surface area is 191 Å². The normalized spacial score (nSPS) is 21.7. The van der Waals surface area contributed by atoms with Gasteiger partial charge in [0.25, 0.3) is 0 Å². The lowest BCUT2D eigenvalue weighted by Gasteiger charge is -2.36. The van der Waals surface area contributed by atoms with E-state index in [0.29, 0.717) is 5.56 Å². The van der Waals surface area contributed by atoms with Crippen LogP contribution in [0.2, 0.25) is 0 Å². The van der Waals surface area contributed by atoms with Gasteiger partial charge < -0.3 is 9.90 Å². The maximum Gasteiger partial charge on any atom is 0.0721 e. The maximum atomic E-state index is 13.0. The van der Waals surface area contributed by atoms with Gasteiger partial charge in [-0.25, -0.2) is 0 Å². The highest BCUT2D eigenvalue weighted by atomic mass is 16.4. The minimum absolute atomic E-state index is 0.0529. The fraction of sp³-hybridized carbons (Fsp3) is 0.759. The van der Waals surface area contributed by atoms with E-state index in [9.17, 15) is 9.90 Å². The van der Waals surface area contributed by atoms with Gasteiger partial charge in [0.2, 0.25) is 0 Å². The summed E-state index contributed by atoms with van der Waals surface area (Å²) in [4.78, 5) is 13.0. The topological polar surface area (TPSA) is 40.1 Å². The molecule has 174 valence electrons. The molecular weight excluding hydrogens is 380 g/mol. The van der Waals surface area contributed by atoms with Gasteiger partial charge in [-0.2, -0.15) is 0 Å². The van der Waals surface area contributed by atoms with E-state index in [1.165, 1.54) is 11.1 Å². The predicted octanol–water partition coefficient (Wildman–Crippen LogP) is 7.09. The SMILES string of the molecule is CCC1(CC)CC(CC)(CC)c2c1cc1c(c2C(=O)[O-])C(CC)(CC)CC1(CC)CC. The van der Waals surface area contributed by atoms with Crippen LogP contribution in [0.25, 0.3) is 0 Å². The summed E-state index contributed by atoms with van der Waals surface area (Å²) in [6, 6.07) is 2.53. The minimum atomic E-state index is -0.934. The lowest BCUT2D eigenvalue weighted by Crippen LogP contribution is -2.34. The first kappa shape index (κ1) is 24.3. The first-order chi connectivity index (χ1) is 14.7. The van der Waals surface area contributed by atoms with Crippen LogP contribution in [-0.2, 0) is 21.7 Å². The molecule has 0 spiro atoms. The largest absolute Gasteiger partial charge is 0.545 e. The summed E-state index contributed by atoms with van der Waals surface area (Å²) in [5, 5.41) is 13.0. The molecule has 31 heavy (non-hydrogen) atoms. The Hall–Kier alpha value is -1.31. The predicted molar refractivity (Wildman–Crippen MR) is 129 cm³/mol. The number of hydrogen-bond donors (Lipinski definition) is 0. The summed E-state index contributed by atoms with van der Waals surface area (Å²) in [5.74, 6) is -0.934. The number of carbonyl (C=O) groups excluding carboxylic acids is 1. The number of benzene rings is 1. The summed E-state index contributed by atoms with van der Waals surface area (Å²) >= 11 is 0. The van der Waals surface area contributed by atoms with Gasteiger partial charge in [0.15, 0.2) is 0 Å². The van der Waals surface area contributed by atoms with Crippen molar-refractivity contribution in [3.8, 4) is 0 Å². The second-order valence-corrected chi connectivity index (χ2v) is 10.7. The van der Waals surface area contributed by atoms with Crippen molar-refractivity contribution in [2.45, 2.75) is 141 Å². The second-order valence-electron chi connectivity index (χ2n) is 10.7. The first-order valence-electron chi connectivity index (χ1n) is 13.1. The van der Waals surface area contributed by atoms with Gasteiger partial charge in [0, 0.05) is 5.56 Å². The van der Waals surface area contributed by atoms with Gasteiger partial charge in [-0.15, -0.1) is 0 Å². The average Bonchev–Trinajstić information content (AvgIpc) is 3.26. The molecule has 0 N–H and O–H groups in total. The second kappa shape index (κ2) is 8.23. The van der Waals surface area contributed by atoms with Crippen molar-refractivity contribution in [1.82, 2.24) is 0 Å². The van der Waals surface area contributed by atoms with Gasteiger partial charge >= 0.3 is 0 Å². The molecule has 0 saturated heterocycles. The molecule has 0 aromatic heterocycles. The fourth-order valence-corrected chi connectivity index (χ4v) is 7.96. The van der Waals surface area contributed by atoms with Crippen LogP contribution in [0.15, 0.2) is 6.07 Å². The van der Waals surface area contributed by atoms with Crippen molar-refractivity contribution < 1.29 is 9.90 Å². The van der Waals surface area contributed by atoms with E-state index in [-0.39, 0.29) is 21.7 Å². The lowest BCUT2D eigenvalue weighted by molar-refractivity contribution is -0.255. The highest BCUT2D eigenvalue weighted by Gasteiger charge is 2.56. The van der Waals surface area contributed by atoms with E-state index in [1.807, 2.05) is 0 Å². The molecule has 2 nitrogen and oxygen atoms in total. The summed E-state index contributed by atoms with van der Waals surface area (Å²) in [5.41, 5.74) is 5.69. The third-order valence-electron chi connectivity index (χ3n) is 10.5. The molecule has 0 saturated carbocycles. The molecule has 1 aromatic carbocycles. The Bertz CT molecular complexity index is 771. The van der Waals surface area contributed by atoms with Gasteiger partial charge in [0.1, 0.15) is 0 Å². The Morgan fingerprint density at radius 2 is 0.935 bits per heavy atom. The summed E-state index contributed by atoms with van der Waals surface area (Å²) in [6.07, 6.45) is 10.4. The van der Waals surface area contributed by atoms with Gasteiger partial charge in [-0.05, 0) is 108 Å². The number of carboxylic acids is 1. The molecule has 2 aliphatic carbocycles. The van der Waals surface area contributed by atoms with Crippen molar-refractivity contribution in [2.75, 3.05) is 0 Å². The van der Waals surface area contributed by atoms with Gasteiger partial charge in [-0.1, -0.05) is 61.5 Å². The van der Waals surface area contributed by atoms with E-state index >= 15 is 0 Å². The number of aromatic carboxylic acids is 1. The van der Waals surface area contributed by atoms with Crippen molar-refractivity contribution in [2.24, 2.45) is 0 Å². The number of carbonyl (C=O) groups is 1. The standard InChI is InChI=1S/C29H46O2/c1-9-26(10-2)18-28(13-5,14-6)23-20(26)17-21-24(22(23)25(30)31)29(15-7,16-8)19-27(21,11-3)12-4/h17H,9-16,18-19H2,1-8H3,(H,30,31)/p-1. The third-order valence-corrected chi connectivity index (χ3v) is 10.5. The molecule has 0 unspecified atom stereocenters. The molecule has 0 radical (unpaired) electrons. The van der Waals surface area contributed by atoms with Crippen molar-refractivity contribution in [3.63, 3.8) is 0 Å². The van der Waals surface area contributed by atoms with E-state index in [2.05, 4.69) is 61.5 Å². The highest BCUT2D eigenvalue weighted by molar-refractivity contribution is 5.93. The quantitative estimate of drug-likeness (QED) is 0.424. The lowest BCUT2D eigenvalue weighted by atomic mass is 9.69. The van der Waals surface area contributed by atoms with Gasteiger partial charge in [-0.3, -0.25) is 0 Å². The molecule has 0 heterocycles. The molecule has 1 aromatic rings. The average molecular weight is 426 g/mol. The molecule has 0 aliphatic heterocycles. The van der Waals surface area contributed by atoms with Crippen LogP contribution in [0, 0.1) is 0 Å². The Kier molecular flexibility index (Phi) is 6.46. The Morgan fingerprint density at radius 1 is 0.645 bits per heavy atom. The number of hydrogen-bond acceptors (Lipinski definition) is 2. The fourth-order valence-electron chi connectivity index (χ4n) is 7.96. The molecule has 2 aliphatic rings. The van der Waals surface area contributed by atoms with E-state index in [1.54, 1.807) is 0 Å². The van der Waals surface area contributed by atoms with Crippen molar-refractivity contribution in [3.05, 3.63) is 33.9 Å². The first-order valence-corrected chi connectivity index (χ1v) is 13.1. The van der Waals surface area contributed by atoms with Crippen LogP contribution < -0.4 is 5.11 Å². The van der Waals surface area contributed by atoms with E-state index in [0.717, 1.165) is 75.3 Å². The zero-order valence-electron chi connectivity index (χ0n) is 21.5. The van der Waals surface area contributed by atoms with Crippen LogP contribution in [-0.4, -0.2) is 5.97 Å². The molecule has 0 atom stereocenters. The zero-order valence-corrected chi connectivity index (χ0v) is 21.5. The summed E-state index contributed by atoms with van der Waals surface area (Å²) in [7, 11) is 0. The van der Waals surface area contributed by atoms with Crippen LogP contribution in [0.5, 0.6) is 0 Å². The molecule has 3 rings (SSSR count). The Balaban J connectivity index is 2.58. The molecular formula is C29H45O2-. The van der Waals surface area contributed by atoms with Gasteiger partial charge in [0.05, 0.1) is 5.97 Å². The Morgan fingerprint density at radius 3 is 1.16 bits per heavy atom. The van der Waals surface area contributed by atoms with E-state index in [4.69, 9.17) is 0 Å². The number of rotatable bonds is 9. The monoisotopic (exact) mass is 425 g/mol. The molecule has 0 fully saturated rings. The third kappa shape index (κ3) is 2.99. The molecule has 0 amide bonds. The maximum absolute atomic E-state index is 13.0. The molecule has 0 bridgehead atoms. The number of carboxylic acid groups (broad SMARTS) is 1. The van der Waals surface area contributed by atoms with Crippen LogP contribution in [0.1, 0.15) is 152 Å². The molecule has 2 heteroatoms. The van der Waals surface area contributed by atoms with Crippen molar-refractivity contribution in [1.29, 1.82) is 0 Å². The van der Waals surface area contributed by atoms with E-state index < -0.39 is 5.97 Å². The smallest absolute Gasteiger partial charge is 0.0721 e. The van der Waals surface area contributed by atoms with Crippen LogP contribution in [0.3, 0.4) is 0 Å². The highest BCUT2D eigenvalue weighted by Crippen LogP contribution is 2.64. The zero-order chi connectivity index (χ0) is 23.2. The summed E-state index contributed by atoms with van der Waals surface area (Å²) in [6.45, 7) is 18.2. The van der Waals surface area contributed by atoms with Crippen LogP contribution >= 0.6 is 0 Å². The minimum Gasteiger partial charge on any atom is -0.545 e. The van der Waals surface area contributed by atoms with Crippen LogP contribution in [0.4, 0.5) is 0 Å².